The first-order valence-electron chi connectivity index (χ1n) is 5.35. The largest absolute Gasteiger partial charge is 0.380 e. The summed E-state index contributed by atoms with van der Waals surface area (Å²) in [5, 5.41) is 0. The van der Waals surface area contributed by atoms with Gasteiger partial charge in [-0.1, -0.05) is 13.8 Å². The maximum absolute atomic E-state index is 5.51. The van der Waals surface area contributed by atoms with Crippen molar-refractivity contribution in [1.29, 1.82) is 0 Å². The lowest BCUT2D eigenvalue weighted by atomic mass is 10.4. The van der Waals surface area contributed by atoms with E-state index in [2.05, 4.69) is 18.7 Å². The smallest absolute Gasteiger partial charge is 0.0593 e. The molecular formula is C10H24N2O. The van der Waals surface area contributed by atoms with Crippen molar-refractivity contribution in [2.45, 2.75) is 26.7 Å². The number of nitrogens with two attached hydrogens (primary N) is 1. The summed E-state index contributed by atoms with van der Waals surface area (Å²) in [6.45, 7) is 9.92. The van der Waals surface area contributed by atoms with Crippen LogP contribution in [0.25, 0.3) is 0 Å². The molecule has 0 bridgehead atoms. The molecule has 0 radical (unpaired) electrons. The average Bonchev–Trinajstić information content (AvgIpc) is 2.13. The first-order valence-corrected chi connectivity index (χ1v) is 5.35. The molecule has 13 heavy (non-hydrogen) atoms. The summed E-state index contributed by atoms with van der Waals surface area (Å²) in [5.74, 6) is 0. The highest BCUT2D eigenvalue weighted by Crippen LogP contribution is 1.91. The third-order valence-electron chi connectivity index (χ3n) is 1.89. The van der Waals surface area contributed by atoms with Gasteiger partial charge in [0.05, 0.1) is 6.61 Å². The highest BCUT2D eigenvalue weighted by Gasteiger charge is 2.01. The predicted octanol–water partition coefficient (Wildman–Crippen LogP) is 1.08. The molecule has 80 valence electrons. The molecule has 0 heterocycles. The van der Waals surface area contributed by atoms with E-state index in [0.29, 0.717) is 0 Å². The van der Waals surface area contributed by atoms with Crippen molar-refractivity contribution in [3.05, 3.63) is 0 Å². The van der Waals surface area contributed by atoms with E-state index in [4.69, 9.17) is 10.5 Å². The van der Waals surface area contributed by atoms with Crippen molar-refractivity contribution in [2.24, 2.45) is 5.73 Å². The van der Waals surface area contributed by atoms with Crippen LogP contribution in [0.1, 0.15) is 26.7 Å². The van der Waals surface area contributed by atoms with Gasteiger partial charge >= 0.3 is 0 Å². The number of ether oxygens (including phenoxy) is 1. The Morgan fingerprint density at radius 3 is 2.31 bits per heavy atom. The normalized spacial score (nSPS) is 11.1. The van der Waals surface area contributed by atoms with Crippen LogP contribution in [0, 0.1) is 0 Å². The van der Waals surface area contributed by atoms with Crippen molar-refractivity contribution in [3.8, 4) is 0 Å². The van der Waals surface area contributed by atoms with Gasteiger partial charge in [-0.05, 0) is 19.4 Å². The van der Waals surface area contributed by atoms with E-state index in [-0.39, 0.29) is 0 Å². The van der Waals surface area contributed by atoms with E-state index in [1.165, 1.54) is 6.42 Å². The van der Waals surface area contributed by atoms with Gasteiger partial charge in [0.2, 0.25) is 0 Å². The molecule has 0 aromatic rings. The highest BCUT2D eigenvalue weighted by molar-refractivity contribution is 4.56. The van der Waals surface area contributed by atoms with Crippen LogP contribution < -0.4 is 5.73 Å². The van der Waals surface area contributed by atoms with Crippen LogP contribution in [0.2, 0.25) is 0 Å². The van der Waals surface area contributed by atoms with Gasteiger partial charge in [0, 0.05) is 26.2 Å². The van der Waals surface area contributed by atoms with E-state index in [1.807, 2.05) is 0 Å². The highest BCUT2D eigenvalue weighted by atomic mass is 16.5. The molecule has 2 N–H and O–H groups in total. The fourth-order valence-corrected chi connectivity index (χ4v) is 1.27. The predicted molar refractivity (Wildman–Crippen MR) is 56.9 cm³/mol. The molecule has 0 atom stereocenters. The summed E-state index contributed by atoms with van der Waals surface area (Å²) in [5.41, 5.74) is 5.51. The maximum atomic E-state index is 5.51. The van der Waals surface area contributed by atoms with E-state index in [1.54, 1.807) is 0 Å². The molecule has 3 nitrogen and oxygen atoms in total. The van der Waals surface area contributed by atoms with Crippen LogP contribution in [-0.2, 0) is 4.74 Å². The van der Waals surface area contributed by atoms with Gasteiger partial charge in [-0.2, -0.15) is 0 Å². The van der Waals surface area contributed by atoms with E-state index >= 15 is 0 Å². The number of nitrogens with zero attached hydrogens (tertiary/aromatic N) is 1. The van der Waals surface area contributed by atoms with Gasteiger partial charge in [-0.25, -0.2) is 0 Å². The number of hydrogen-bond acceptors (Lipinski definition) is 3. The molecule has 0 unspecified atom stereocenters. The SMILES string of the molecule is CCCOCCN(CCC)CCN. The molecule has 0 aliphatic rings. The molecule has 0 fully saturated rings. The summed E-state index contributed by atoms with van der Waals surface area (Å²) in [6.07, 6.45) is 2.29. The van der Waals surface area contributed by atoms with Crippen molar-refractivity contribution in [2.75, 3.05) is 39.4 Å². The molecule has 0 spiro atoms. The van der Waals surface area contributed by atoms with Crippen LogP contribution in [0.3, 0.4) is 0 Å². The Balaban J connectivity index is 3.33. The van der Waals surface area contributed by atoms with E-state index in [0.717, 1.165) is 45.8 Å². The average molecular weight is 188 g/mol. The topological polar surface area (TPSA) is 38.5 Å². The fourth-order valence-electron chi connectivity index (χ4n) is 1.27. The van der Waals surface area contributed by atoms with Crippen LogP contribution >= 0.6 is 0 Å². The molecule has 0 aromatic carbocycles. The van der Waals surface area contributed by atoms with Crippen LogP contribution in [-0.4, -0.2) is 44.3 Å². The molecule has 0 rings (SSSR count). The van der Waals surface area contributed by atoms with Gasteiger partial charge < -0.3 is 10.5 Å². The first kappa shape index (κ1) is 12.9. The van der Waals surface area contributed by atoms with Gasteiger partial charge in [0.15, 0.2) is 0 Å². The molecule has 0 aliphatic carbocycles. The molecule has 0 aliphatic heterocycles. The second kappa shape index (κ2) is 9.96. The lowest BCUT2D eigenvalue weighted by Crippen LogP contribution is -2.33. The molecule has 0 aromatic heterocycles. The standard InChI is InChI=1S/C10H24N2O/c1-3-6-12(7-5-11)8-10-13-9-4-2/h3-11H2,1-2H3. The summed E-state index contributed by atoms with van der Waals surface area (Å²) in [4.78, 5) is 2.36. The summed E-state index contributed by atoms with van der Waals surface area (Å²) in [7, 11) is 0. The Kier molecular flexibility index (Phi) is 9.87. The lowest BCUT2D eigenvalue weighted by Gasteiger charge is -2.20. The monoisotopic (exact) mass is 188 g/mol. The zero-order valence-corrected chi connectivity index (χ0v) is 9.09. The van der Waals surface area contributed by atoms with Crippen LogP contribution in [0.15, 0.2) is 0 Å². The third kappa shape index (κ3) is 8.22. The molecule has 0 amide bonds. The van der Waals surface area contributed by atoms with Crippen molar-refractivity contribution >= 4 is 0 Å². The Morgan fingerprint density at radius 1 is 1.00 bits per heavy atom. The minimum Gasteiger partial charge on any atom is -0.380 e. The van der Waals surface area contributed by atoms with Crippen molar-refractivity contribution < 1.29 is 4.74 Å². The quantitative estimate of drug-likeness (QED) is 0.550. The number of rotatable bonds is 9. The maximum Gasteiger partial charge on any atom is 0.0593 e. The fraction of sp³-hybridized carbons (Fsp3) is 1.00. The summed E-state index contributed by atoms with van der Waals surface area (Å²) < 4.78 is 5.42. The van der Waals surface area contributed by atoms with Crippen LogP contribution in [0.4, 0.5) is 0 Å². The Labute approximate surface area is 82.2 Å². The first-order chi connectivity index (χ1) is 6.35. The second-order valence-corrected chi connectivity index (χ2v) is 3.24. The van der Waals surface area contributed by atoms with Crippen molar-refractivity contribution in [3.63, 3.8) is 0 Å². The summed E-state index contributed by atoms with van der Waals surface area (Å²) >= 11 is 0. The zero-order chi connectivity index (χ0) is 9.94. The van der Waals surface area contributed by atoms with Gasteiger partial charge in [-0.3, -0.25) is 4.90 Å². The van der Waals surface area contributed by atoms with Gasteiger partial charge in [0.1, 0.15) is 0 Å². The molecule has 0 saturated heterocycles. The van der Waals surface area contributed by atoms with Gasteiger partial charge in [-0.15, -0.1) is 0 Å². The molecule has 0 saturated carbocycles. The minimum atomic E-state index is 0.744. The van der Waals surface area contributed by atoms with Crippen molar-refractivity contribution in [1.82, 2.24) is 4.90 Å². The third-order valence-corrected chi connectivity index (χ3v) is 1.89. The lowest BCUT2D eigenvalue weighted by molar-refractivity contribution is 0.105. The molecule has 3 heteroatoms. The Morgan fingerprint density at radius 2 is 1.77 bits per heavy atom. The summed E-state index contributed by atoms with van der Waals surface area (Å²) in [6, 6.07) is 0. The molecular weight excluding hydrogens is 164 g/mol. The minimum absolute atomic E-state index is 0.744. The van der Waals surface area contributed by atoms with Crippen LogP contribution in [0.5, 0.6) is 0 Å². The zero-order valence-electron chi connectivity index (χ0n) is 9.09. The van der Waals surface area contributed by atoms with E-state index < -0.39 is 0 Å². The number of hydrogen-bond donors (Lipinski definition) is 1. The van der Waals surface area contributed by atoms with E-state index in [9.17, 15) is 0 Å². The Hall–Kier alpha value is -0.120. The second-order valence-electron chi connectivity index (χ2n) is 3.24. The Bertz CT molecular complexity index is 92.9. The van der Waals surface area contributed by atoms with Gasteiger partial charge in [0.25, 0.3) is 0 Å².